The SMILES string of the molecule is c1ccc2c(c1)CCN[C@H]2C1CCC1. The summed E-state index contributed by atoms with van der Waals surface area (Å²) in [6.07, 6.45) is 5.49. The summed E-state index contributed by atoms with van der Waals surface area (Å²) < 4.78 is 0. The third-order valence-corrected chi connectivity index (χ3v) is 3.77. The maximum absolute atomic E-state index is 3.68. The molecule has 1 heteroatoms. The zero-order valence-electron chi connectivity index (χ0n) is 8.50. The summed E-state index contributed by atoms with van der Waals surface area (Å²) in [6.45, 7) is 1.16. The molecule has 1 aliphatic carbocycles. The Kier molecular flexibility index (Phi) is 2.06. The molecule has 1 aromatic rings. The van der Waals surface area contributed by atoms with Crippen molar-refractivity contribution in [3.8, 4) is 0 Å². The summed E-state index contributed by atoms with van der Waals surface area (Å²) in [5.74, 6) is 0.913. The lowest BCUT2D eigenvalue weighted by Crippen LogP contribution is -2.37. The first-order valence-electron chi connectivity index (χ1n) is 5.76. The number of benzene rings is 1. The molecule has 74 valence electrons. The number of nitrogens with one attached hydrogen (secondary N) is 1. The minimum atomic E-state index is 0.661. The fraction of sp³-hybridized carbons (Fsp3) is 0.538. The third kappa shape index (κ3) is 1.27. The van der Waals surface area contributed by atoms with Crippen LogP contribution in [0.2, 0.25) is 0 Å². The van der Waals surface area contributed by atoms with Crippen LogP contribution >= 0.6 is 0 Å². The van der Waals surface area contributed by atoms with Crippen LogP contribution in [0, 0.1) is 5.92 Å². The van der Waals surface area contributed by atoms with E-state index in [1.54, 1.807) is 11.1 Å². The van der Waals surface area contributed by atoms with Gasteiger partial charge in [0.1, 0.15) is 0 Å². The van der Waals surface area contributed by atoms with E-state index >= 15 is 0 Å². The van der Waals surface area contributed by atoms with Gasteiger partial charge in [0.05, 0.1) is 0 Å². The van der Waals surface area contributed by atoms with Gasteiger partial charge in [0.25, 0.3) is 0 Å². The van der Waals surface area contributed by atoms with Crippen molar-refractivity contribution in [2.24, 2.45) is 5.92 Å². The molecule has 0 spiro atoms. The molecule has 1 fully saturated rings. The normalized spacial score (nSPS) is 26.7. The largest absolute Gasteiger partial charge is 0.309 e. The van der Waals surface area contributed by atoms with Crippen molar-refractivity contribution in [1.29, 1.82) is 0 Å². The lowest BCUT2D eigenvalue weighted by Gasteiger charge is -2.38. The van der Waals surface area contributed by atoms with Gasteiger partial charge in [-0.1, -0.05) is 30.7 Å². The minimum absolute atomic E-state index is 0.661. The summed E-state index contributed by atoms with van der Waals surface area (Å²) in [4.78, 5) is 0. The summed E-state index contributed by atoms with van der Waals surface area (Å²) in [5, 5.41) is 3.68. The van der Waals surface area contributed by atoms with Crippen molar-refractivity contribution in [2.45, 2.75) is 31.7 Å². The summed E-state index contributed by atoms with van der Waals surface area (Å²) in [5.41, 5.74) is 3.15. The molecule has 0 saturated heterocycles. The maximum Gasteiger partial charge on any atom is 0.0351 e. The molecule has 0 amide bonds. The van der Waals surface area contributed by atoms with Gasteiger partial charge >= 0.3 is 0 Å². The van der Waals surface area contributed by atoms with Gasteiger partial charge in [-0.2, -0.15) is 0 Å². The van der Waals surface area contributed by atoms with E-state index in [4.69, 9.17) is 0 Å². The predicted molar refractivity (Wildman–Crippen MR) is 58.2 cm³/mol. The molecular formula is C13H17N. The zero-order chi connectivity index (χ0) is 9.38. The van der Waals surface area contributed by atoms with E-state index in [9.17, 15) is 0 Å². The predicted octanol–water partition coefficient (Wildman–Crippen LogP) is 2.67. The number of rotatable bonds is 1. The van der Waals surface area contributed by atoms with Gasteiger partial charge in [-0.05, 0) is 42.9 Å². The van der Waals surface area contributed by atoms with E-state index in [1.807, 2.05) is 0 Å². The van der Waals surface area contributed by atoms with Crippen molar-refractivity contribution in [2.75, 3.05) is 6.54 Å². The molecule has 3 rings (SSSR count). The molecule has 1 nitrogen and oxygen atoms in total. The van der Waals surface area contributed by atoms with Gasteiger partial charge in [-0.15, -0.1) is 0 Å². The summed E-state index contributed by atoms with van der Waals surface area (Å²) in [7, 11) is 0. The lowest BCUT2D eigenvalue weighted by atomic mass is 9.75. The van der Waals surface area contributed by atoms with Crippen LogP contribution in [-0.4, -0.2) is 6.54 Å². The first-order valence-corrected chi connectivity index (χ1v) is 5.76. The Morgan fingerprint density at radius 3 is 2.79 bits per heavy atom. The van der Waals surface area contributed by atoms with Crippen molar-refractivity contribution in [3.05, 3.63) is 35.4 Å². The van der Waals surface area contributed by atoms with Crippen LogP contribution in [-0.2, 0) is 6.42 Å². The maximum atomic E-state index is 3.68. The standard InChI is InChI=1S/C13H17N/c1-2-7-12-10(4-1)8-9-14-13(12)11-5-3-6-11/h1-2,4,7,11,13-14H,3,5-6,8-9H2/t13-/m0/s1. The molecule has 1 aromatic carbocycles. The first-order chi connectivity index (χ1) is 6.95. The number of hydrogen-bond donors (Lipinski definition) is 1. The molecule has 0 unspecified atom stereocenters. The van der Waals surface area contributed by atoms with Crippen LogP contribution in [0.4, 0.5) is 0 Å². The van der Waals surface area contributed by atoms with Crippen LogP contribution in [0.1, 0.15) is 36.4 Å². The van der Waals surface area contributed by atoms with Crippen molar-refractivity contribution in [1.82, 2.24) is 5.32 Å². The van der Waals surface area contributed by atoms with Crippen molar-refractivity contribution >= 4 is 0 Å². The van der Waals surface area contributed by atoms with Crippen LogP contribution in [0.3, 0.4) is 0 Å². The monoisotopic (exact) mass is 187 g/mol. The Balaban J connectivity index is 1.93. The number of fused-ring (bicyclic) bond motifs is 1. The molecular weight excluding hydrogens is 170 g/mol. The smallest absolute Gasteiger partial charge is 0.0351 e. The molecule has 1 atom stereocenters. The fourth-order valence-electron chi connectivity index (χ4n) is 2.73. The van der Waals surface area contributed by atoms with Crippen molar-refractivity contribution in [3.63, 3.8) is 0 Å². The lowest BCUT2D eigenvalue weighted by molar-refractivity contribution is 0.225. The van der Waals surface area contributed by atoms with E-state index in [0.29, 0.717) is 6.04 Å². The fourth-order valence-corrected chi connectivity index (χ4v) is 2.73. The zero-order valence-corrected chi connectivity index (χ0v) is 8.50. The van der Waals surface area contributed by atoms with E-state index < -0.39 is 0 Å². The first kappa shape index (κ1) is 8.49. The average molecular weight is 187 g/mol. The van der Waals surface area contributed by atoms with Crippen LogP contribution in [0.5, 0.6) is 0 Å². The van der Waals surface area contributed by atoms with Gasteiger partial charge in [-0.3, -0.25) is 0 Å². The second-order valence-electron chi connectivity index (χ2n) is 4.57. The van der Waals surface area contributed by atoms with Gasteiger partial charge in [0.15, 0.2) is 0 Å². The molecule has 0 radical (unpaired) electrons. The molecule has 1 heterocycles. The summed E-state index contributed by atoms with van der Waals surface area (Å²) >= 11 is 0. The van der Waals surface area contributed by atoms with Gasteiger partial charge < -0.3 is 5.32 Å². The highest BCUT2D eigenvalue weighted by Gasteiger charge is 2.30. The molecule has 0 aromatic heterocycles. The molecule has 14 heavy (non-hydrogen) atoms. The van der Waals surface area contributed by atoms with E-state index in [1.165, 1.54) is 25.7 Å². The van der Waals surface area contributed by atoms with Gasteiger partial charge in [-0.25, -0.2) is 0 Å². The Labute approximate surface area is 85.5 Å². The van der Waals surface area contributed by atoms with E-state index in [2.05, 4.69) is 29.6 Å². The molecule has 1 aliphatic heterocycles. The van der Waals surface area contributed by atoms with Crippen LogP contribution < -0.4 is 5.32 Å². The van der Waals surface area contributed by atoms with Crippen LogP contribution in [0.15, 0.2) is 24.3 Å². The van der Waals surface area contributed by atoms with E-state index in [-0.39, 0.29) is 0 Å². The van der Waals surface area contributed by atoms with Crippen LogP contribution in [0.25, 0.3) is 0 Å². The van der Waals surface area contributed by atoms with E-state index in [0.717, 1.165) is 12.5 Å². The molecule has 1 saturated carbocycles. The third-order valence-electron chi connectivity index (χ3n) is 3.77. The molecule has 1 N–H and O–H groups in total. The molecule has 0 bridgehead atoms. The Morgan fingerprint density at radius 2 is 2.00 bits per heavy atom. The Morgan fingerprint density at radius 1 is 1.14 bits per heavy atom. The number of hydrogen-bond acceptors (Lipinski definition) is 1. The topological polar surface area (TPSA) is 12.0 Å². The van der Waals surface area contributed by atoms with Crippen molar-refractivity contribution < 1.29 is 0 Å². The van der Waals surface area contributed by atoms with Gasteiger partial charge in [0, 0.05) is 6.04 Å². The second kappa shape index (κ2) is 3.39. The summed E-state index contributed by atoms with van der Waals surface area (Å²) in [6, 6.07) is 9.61. The highest BCUT2D eigenvalue weighted by molar-refractivity contribution is 5.33. The van der Waals surface area contributed by atoms with Gasteiger partial charge in [0.2, 0.25) is 0 Å². The minimum Gasteiger partial charge on any atom is -0.309 e. The highest BCUT2D eigenvalue weighted by Crippen LogP contribution is 2.39. The second-order valence-corrected chi connectivity index (χ2v) is 4.57. The highest BCUT2D eigenvalue weighted by atomic mass is 14.9. The Bertz CT molecular complexity index is 328. The average Bonchev–Trinajstić information content (AvgIpc) is 2.16. The molecule has 2 aliphatic rings. The quantitative estimate of drug-likeness (QED) is 0.712. The Hall–Kier alpha value is -0.820.